The van der Waals surface area contributed by atoms with Crippen LogP contribution < -0.4 is 5.43 Å². The summed E-state index contributed by atoms with van der Waals surface area (Å²) in [5.74, 6) is 0.458. The number of hydrogen-bond acceptors (Lipinski definition) is 6. The average molecular weight is 151 g/mol. The van der Waals surface area contributed by atoms with Crippen LogP contribution in [0.15, 0.2) is 22.5 Å². The van der Waals surface area contributed by atoms with E-state index in [4.69, 9.17) is 5.53 Å². The van der Waals surface area contributed by atoms with Crippen LogP contribution in [0.1, 0.15) is 0 Å². The normalized spacial score (nSPS) is 9.82. The molecule has 0 aliphatic heterocycles. The molecule has 7 heteroatoms. The van der Waals surface area contributed by atoms with Gasteiger partial charge in [-0.2, -0.15) is 5.10 Å². The average Bonchev–Trinajstić information content (AvgIpc) is 2.07. The summed E-state index contributed by atoms with van der Waals surface area (Å²) >= 11 is 0. The molecule has 1 heterocycles. The Hall–Kier alpha value is -1.92. The number of rotatable bonds is 3. The maximum atomic E-state index is 6.36. The summed E-state index contributed by atoms with van der Waals surface area (Å²) in [6, 6.07) is 1.59. The zero-order valence-electron chi connectivity index (χ0n) is 5.47. The number of nitrogens with one attached hydrogen (secondary N) is 2. The van der Waals surface area contributed by atoms with Gasteiger partial charge in [0.05, 0.1) is 6.20 Å². The summed E-state index contributed by atoms with van der Waals surface area (Å²) in [5, 5.41) is 16.8. The van der Waals surface area contributed by atoms with Crippen molar-refractivity contribution in [1.29, 1.82) is 5.53 Å². The van der Waals surface area contributed by atoms with Crippen LogP contribution in [0.2, 0.25) is 0 Å². The Morgan fingerprint density at radius 1 is 1.64 bits per heavy atom. The predicted octanol–water partition coefficient (Wildman–Crippen LogP) is 0.258. The molecule has 11 heavy (non-hydrogen) atoms. The topological polar surface area (TPSA) is 99.3 Å². The van der Waals surface area contributed by atoms with Gasteiger partial charge >= 0.3 is 0 Å². The monoisotopic (exact) mass is 151 g/mol. The Morgan fingerprint density at radius 3 is 3.18 bits per heavy atom. The third-order valence-corrected chi connectivity index (χ3v) is 0.798. The highest BCUT2D eigenvalue weighted by Crippen LogP contribution is 1.94. The van der Waals surface area contributed by atoms with Crippen LogP contribution in [-0.2, 0) is 0 Å². The molecule has 2 N–H and O–H groups in total. The van der Waals surface area contributed by atoms with Gasteiger partial charge in [0.2, 0.25) is 0 Å². The van der Waals surface area contributed by atoms with E-state index in [-0.39, 0.29) is 0 Å². The molecule has 0 radical (unpaired) electrons. The zero-order chi connectivity index (χ0) is 7.94. The first kappa shape index (κ1) is 7.19. The van der Waals surface area contributed by atoms with E-state index < -0.39 is 0 Å². The van der Waals surface area contributed by atoms with Crippen molar-refractivity contribution in [3.8, 4) is 0 Å². The van der Waals surface area contributed by atoms with Crippen molar-refractivity contribution in [1.82, 2.24) is 15.4 Å². The standard InChI is InChI=1S/C4H5N7/c5-6-3-8-9-4-1-2-7-11-10-4/h1-3,5H,(H,7,9,10)/b6-5?,8-3+. The number of hydrazone groups is 1. The van der Waals surface area contributed by atoms with Crippen LogP contribution in [0.4, 0.5) is 5.82 Å². The van der Waals surface area contributed by atoms with Crippen molar-refractivity contribution in [3.63, 3.8) is 0 Å². The van der Waals surface area contributed by atoms with Crippen molar-refractivity contribution < 1.29 is 0 Å². The molecule has 0 atom stereocenters. The van der Waals surface area contributed by atoms with Gasteiger partial charge in [-0.3, -0.25) is 5.43 Å². The van der Waals surface area contributed by atoms with Gasteiger partial charge in [-0.1, -0.05) is 0 Å². The van der Waals surface area contributed by atoms with E-state index in [1.807, 2.05) is 0 Å². The third-order valence-electron chi connectivity index (χ3n) is 0.798. The number of anilines is 1. The second-order valence-corrected chi connectivity index (χ2v) is 1.49. The highest BCUT2D eigenvalue weighted by atomic mass is 15.4. The zero-order valence-corrected chi connectivity index (χ0v) is 5.47. The summed E-state index contributed by atoms with van der Waals surface area (Å²) < 4.78 is 0. The molecule has 0 aromatic carbocycles. The molecule has 0 saturated heterocycles. The minimum Gasteiger partial charge on any atom is -0.258 e. The molecule has 1 rings (SSSR count). The second-order valence-electron chi connectivity index (χ2n) is 1.49. The van der Waals surface area contributed by atoms with Crippen LogP contribution in [0, 0.1) is 5.53 Å². The summed E-state index contributed by atoms with van der Waals surface area (Å²) in [7, 11) is 0. The quantitative estimate of drug-likeness (QED) is 0.280. The van der Waals surface area contributed by atoms with Gasteiger partial charge < -0.3 is 0 Å². The second kappa shape index (κ2) is 3.99. The molecule has 0 unspecified atom stereocenters. The van der Waals surface area contributed by atoms with Crippen molar-refractivity contribution in [2.45, 2.75) is 0 Å². The Balaban J connectivity index is 2.51. The summed E-state index contributed by atoms with van der Waals surface area (Å²) in [4.78, 5) is 0. The molecule has 56 valence electrons. The van der Waals surface area contributed by atoms with E-state index in [1.54, 1.807) is 6.07 Å². The van der Waals surface area contributed by atoms with Crippen molar-refractivity contribution in [2.75, 3.05) is 5.43 Å². The largest absolute Gasteiger partial charge is 0.258 e. The molecular formula is C4H5N7. The fourth-order valence-corrected chi connectivity index (χ4v) is 0.425. The lowest BCUT2D eigenvalue weighted by molar-refractivity contribution is 0.865. The molecule has 0 spiro atoms. The Kier molecular flexibility index (Phi) is 2.61. The molecular weight excluding hydrogens is 146 g/mol. The van der Waals surface area contributed by atoms with Gasteiger partial charge in [-0.05, 0) is 5.21 Å². The highest BCUT2D eigenvalue weighted by Gasteiger charge is 1.86. The van der Waals surface area contributed by atoms with Crippen molar-refractivity contribution in [2.24, 2.45) is 10.2 Å². The van der Waals surface area contributed by atoms with E-state index in [2.05, 4.69) is 31.1 Å². The van der Waals surface area contributed by atoms with E-state index in [0.29, 0.717) is 5.82 Å². The Labute approximate surface area is 62.0 Å². The van der Waals surface area contributed by atoms with Crippen LogP contribution in [0.3, 0.4) is 0 Å². The van der Waals surface area contributed by atoms with E-state index in [0.717, 1.165) is 6.34 Å². The van der Waals surface area contributed by atoms with Gasteiger partial charge in [0.25, 0.3) is 0 Å². The van der Waals surface area contributed by atoms with E-state index in [9.17, 15) is 0 Å². The number of aromatic nitrogens is 3. The first-order chi connectivity index (χ1) is 5.43. The number of hydrogen-bond donors (Lipinski definition) is 2. The van der Waals surface area contributed by atoms with E-state index >= 15 is 0 Å². The highest BCUT2D eigenvalue weighted by molar-refractivity contribution is 5.55. The van der Waals surface area contributed by atoms with Crippen LogP contribution in [0.5, 0.6) is 0 Å². The molecule has 0 saturated carbocycles. The van der Waals surface area contributed by atoms with Gasteiger partial charge in [0.1, 0.15) is 0 Å². The lowest BCUT2D eigenvalue weighted by Crippen LogP contribution is -1.94. The Bertz CT molecular complexity index is 242. The molecule has 0 fully saturated rings. The summed E-state index contributed by atoms with van der Waals surface area (Å²) in [6.45, 7) is 0. The molecule has 1 aromatic heterocycles. The molecule has 0 amide bonds. The molecule has 1 aromatic rings. The van der Waals surface area contributed by atoms with Gasteiger partial charge in [0.15, 0.2) is 12.2 Å². The van der Waals surface area contributed by atoms with Crippen molar-refractivity contribution in [3.05, 3.63) is 12.3 Å². The molecule has 7 nitrogen and oxygen atoms in total. The fraction of sp³-hybridized carbons (Fsp3) is 0. The van der Waals surface area contributed by atoms with Crippen LogP contribution in [0.25, 0.3) is 0 Å². The first-order valence-electron chi connectivity index (χ1n) is 2.72. The Morgan fingerprint density at radius 2 is 2.55 bits per heavy atom. The summed E-state index contributed by atoms with van der Waals surface area (Å²) in [6.07, 6.45) is 2.52. The third kappa shape index (κ3) is 2.43. The van der Waals surface area contributed by atoms with Crippen molar-refractivity contribution >= 4 is 12.2 Å². The lowest BCUT2D eigenvalue weighted by Gasteiger charge is -1.92. The maximum Gasteiger partial charge on any atom is 0.172 e. The van der Waals surface area contributed by atoms with Gasteiger partial charge in [-0.15, -0.1) is 15.3 Å². The van der Waals surface area contributed by atoms with Crippen LogP contribution in [-0.4, -0.2) is 21.7 Å². The smallest absolute Gasteiger partial charge is 0.172 e. The SMILES string of the molecule is N=N/C=N/Nc1ccnnn1. The molecule has 0 aliphatic carbocycles. The predicted molar refractivity (Wildman–Crippen MR) is 37.1 cm³/mol. The van der Waals surface area contributed by atoms with Gasteiger partial charge in [0, 0.05) is 6.07 Å². The molecule has 0 bridgehead atoms. The summed E-state index contributed by atoms with van der Waals surface area (Å²) in [5.41, 5.74) is 8.84. The lowest BCUT2D eigenvalue weighted by atomic mass is 10.6. The number of nitrogens with zero attached hydrogens (tertiary/aromatic N) is 5. The minimum atomic E-state index is 0.458. The van der Waals surface area contributed by atoms with Gasteiger partial charge in [-0.25, -0.2) is 5.53 Å². The maximum absolute atomic E-state index is 6.36. The fourth-order valence-electron chi connectivity index (χ4n) is 0.425. The molecule has 0 aliphatic rings. The van der Waals surface area contributed by atoms with Crippen LogP contribution >= 0.6 is 0 Å². The minimum absolute atomic E-state index is 0.458. The first-order valence-corrected chi connectivity index (χ1v) is 2.72. The van der Waals surface area contributed by atoms with E-state index in [1.165, 1.54) is 6.20 Å².